The summed E-state index contributed by atoms with van der Waals surface area (Å²) in [6.45, 7) is 11.4. The van der Waals surface area contributed by atoms with Gasteiger partial charge in [0.05, 0.1) is 25.4 Å². The molecule has 0 radical (unpaired) electrons. The Bertz CT molecular complexity index is 2050. The van der Waals surface area contributed by atoms with Gasteiger partial charge in [0.25, 0.3) is 11.7 Å². The summed E-state index contributed by atoms with van der Waals surface area (Å²) in [6.07, 6.45) is 13.7. The molecule has 3 aliphatic heterocycles. The minimum absolute atomic E-state index is 0.0254. The standard InChI is InChI=1S/C56H85N3O12/c1-34-16-11-10-12-17-35(2)45(58-42-18-15-19-43(32-42)67-7)33-44-24-21-39(6)56(66,71-44)53(63)54(64)59-27-14-13-20-46(59)55(65)70-48(36(3)29-40-22-25-47(60)49(31-40)68-8)26-23-41(57)30-38(5)51(62)52(69-9)50(61)37(4)28-34/h10-12,15-19,30,32,34,36-37,39-41,44-49,51-52,58,60,62,66H,13-14,20-29,31,33,57H2,1-9H3/b12-10+,16-11+,35-17+,38-30+/t34-,36-,37?,39?,40?,41+,44+,45-,46?,47-,48+,49?,51?,52+,56?/m1/s1. The van der Waals surface area contributed by atoms with Gasteiger partial charge in [-0.15, -0.1) is 0 Å². The number of piperidine rings is 1. The van der Waals surface area contributed by atoms with Gasteiger partial charge in [0.2, 0.25) is 5.79 Å². The summed E-state index contributed by atoms with van der Waals surface area (Å²) in [5.41, 5.74) is 8.92. The van der Waals surface area contributed by atoms with Crippen LogP contribution in [0.25, 0.3) is 0 Å². The Morgan fingerprint density at radius 3 is 2.37 bits per heavy atom. The van der Waals surface area contributed by atoms with Crippen LogP contribution in [-0.4, -0.2) is 132 Å². The highest BCUT2D eigenvalue weighted by atomic mass is 16.6. The zero-order chi connectivity index (χ0) is 52.0. The fourth-order valence-corrected chi connectivity index (χ4v) is 11.0. The molecule has 6 N–H and O–H groups in total. The van der Waals surface area contributed by atoms with Crippen molar-refractivity contribution >= 4 is 29.1 Å². The van der Waals surface area contributed by atoms with Crippen LogP contribution in [0, 0.1) is 29.6 Å². The van der Waals surface area contributed by atoms with E-state index in [0.29, 0.717) is 82.0 Å². The van der Waals surface area contributed by atoms with Crippen molar-refractivity contribution in [2.45, 2.75) is 186 Å². The maximum absolute atomic E-state index is 14.5. The zero-order valence-corrected chi connectivity index (χ0v) is 43.8. The van der Waals surface area contributed by atoms with Gasteiger partial charge in [-0.3, -0.25) is 14.4 Å². The van der Waals surface area contributed by atoms with Crippen molar-refractivity contribution in [3.05, 3.63) is 71.9 Å². The Labute approximate surface area is 422 Å². The molecule has 15 heteroatoms. The normalized spacial score (nSPS) is 37.8. The number of hydrogen-bond acceptors (Lipinski definition) is 14. The minimum atomic E-state index is -2.43. The number of nitrogens with one attached hydrogen (secondary N) is 1. The van der Waals surface area contributed by atoms with Crippen LogP contribution in [0.3, 0.4) is 0 Å². The first kappa shape index (κ1) is 57.7. The SMILES string of the molecule is COc1cccc(N[C@@H]2C[C@@H]3CCC(C)C(O)(O3)C(=O)C(=O)N3CCCCC3C(=O)O[C@H]([C@H](C)CC3CC[C@@H](O)C(OC)C3)CC[C@H](N)/C=C(\C)C(O)[C@@H](OC)C(=O)C(C)C[C@H](C)/C=C/C=C/C=C/2C)c1. The van der Waals surface area contributed by atoms with E-state index in [4.69, 9.17) is 29.4 Å². The molecule has 0 spiro atoms. The summed E-state index contributed by atoms with van der Waals surface area (Å²) in [5.74, 6) is -5.78. The summed E-state index contributed by atoms with van der Waals surface area (Å²) < 4.78 is 29.5. The summed E-state index contributed by atoms with van der Waals surface area (Å²) in [6, 6.07) is 5.56. The minimum Gasteiger partial charge on any atom is -0.497 e. The van der Waals surface area contributed by atoms with E-state index < -0.39 is 77.9 Å². The molecule has 1 aliphatic carbocycles. The highest BCUT2D eigenvalue weighted by Crippen LogP contribution is 2.38. The Kier molecular flexibility index (Phi) is 22.1. The number of hydrogen-bond donors (Lipinski definition) is 5. The molecule has 2 bridgehead atoms. The van der Waals surface area contributed by atoms with Crippen LogP contribution in [0.15, 0.2) is 71.9 Å². The number of aliphatic hydroxyl groups excluding tert-OH is 2. The predicted molar refractivity (Wildman–Crippen MR) is 273 cm³/mol. The third-order valence-corrected chi connectivity index (χ3v) is 15.5. The lowest BCUT2D eigenvalue weighted by Gasteiger charge is -2.43. The van der Waals surface area contributed by atoms with E-state index in [1.54, 1.807) is 34.1 Å². The van der Waals surface area contributed by atoms with Gasteiger partial charge < -0.3 is 55.0 Å². The quantitative estimate of drug-likeness (QED) is 0.0993. The molecule has 3 heterocycles. The van der Waals surface area contributed by atoms with E-state index >= 15 is 0 Å². The fourth-order valence-electron chi connectivity index (χ4n) is 11.0. The van der Waals surface area contributed by atoms with Crippen LogP contribution in [0.1, 0.15) is 125 Å². The van der Waals surface area contributed by atoms with Crippen molar-refractivity contribution in [2.75, 3.05) is 33.2 Å². The van der Waals surface area contributed by atoms with Crippen LogP contribution in [0.4, 0.5) is 5.69 Å². The molecule has 2 saturated heterocycles. The number of aliphatic hydroxyl groups is 3. The largest absolute Gasteiger partial charge is 0.497 e. The van der Waals surface area contributed by atoms with Gasteiger partial charge in [-0.25, -0.2) is 4.79 Å². The molecule has 1 saturated carbocycles. The molecule has 396 valence electrons. The third-order valence-electron chi connectivity index (χ3n) is 15.5. The lowest BCUT2D eigenvalue weighted by atomic mass is 9.78. The number of fused-ring (bicyclic) bond motifs is 3. The number of carbonyl (C=O) groups is 4. The second kappa shape index (κ2) is 27.2. The third kappa shape index (κ3) is 15.6. The second-order valence-corrected chi connectivity index (χ2v) is 21.1. The number of nitrogens with two attached hydrogens (primary N) is 1. The summed E-state index contributed by atoms with van der Waals surface area (Å²) in [4.78, 5) is 58.5. The van der Waals surface area contributed by atoms with Crippen molar-refractivity contribution in [3.8, 4) is 5.75 Å². The van der Waals surface area contributed by atoms with Gasteiger partial charge in [0, 0.05) is 56.4 Å². The molecule has 7 unspecified atom stereocenters. The molecular weight excluding hydrogens is 907 g/mol. The van der Waals surface area contributed by atoms with Crippen molar-refractivity contribution in [1.82, 2.24) is 4.90 Å². The van der Waals surface area contributed by atoms with Crippen LogP contribution in [0.5, 0.6) is 5.75 Å². The number of cyclic esters (lactones) is 1. The molecule has 3 fully saturated rings. The van der Waals surface area contributed by atoms with Crippen LogP contribution < -0.4 is 15.8 Å². The molecular formula is C56H85N3O12. The Hall–Kier alpha value is -4.22. The van der Waals surface area contributed by atoms with Gasteiger partial charge in [0.1, 0.15) is 30.1 Å². The number of benzene rings is 1. The number of Topliss-reactive ketones (excluding diaryl/α,β-unsaturated/α-hetero) is 2. The first-order chi connectivity index (χ1) is 33.8. The number of anilines is 1. The number of nitrogens with zero attached hydrogens (tertiary/aromatic N) is 1. The van der Waals surface area contributed by atoms with E-state index in [1.165, 1.54) is 12.0 Å². The number of carbonyl (C=O) groups excluding carboxylic acids is 4. The van der Waals surface area contributed by atoms with Gasteiger partial charge >= 0.3 is 5.97 Å². The number of allylic oxidation sites excluding steroid dienone is 5. The number of esters is 1. The average molecular weight is 992 g/mol. The average Bonchev–Trinajstić information content (AvgIpc) is 3.35. The van der Waals surface area contributed by atoms with E-state index in [1.807, 2.05) is 82.3 Å². The number of rotatable bonds is 8. The summed E-state index contributed by atoms with van der Waals surface area (Å²) in [5, 5.41) is 37.8. The highest BCUT2D eigenvalue weighted by Gasteiger charge is 2.53. The van der Waals surface area contributed by atoms with Gasteiger partial charge in [0.15, 0.2) is 5.78 Å². The molecule has 4 aliphatic rings. The number of amides is 1. The first-order valence-corrected chi connectivity index (χ1v) is 26.1. The topological polar surface area (TPSA) is 216 Å². The van der Waals surface area contributed by atoms with E-state index in [-0.39, 0.29) is 48.6 Å². The molecule has 1 amide bonds. The number of ether oxygens (including phenoxy) is 5. The lowest BCUT2D eigenvalue weighted by Crippen LogP contribution is -2.61. The van der Waals surface area contributed by atoms with Crippen molar-refractivity contribution in [1.29, 1.82) is 0 Å². The first-order valence-electron chi connectivity index (χ1n) is 26.1. The van der Waals surface area contributed by atoms with Crippen molar-refractivity contribution in [2.24, 2.45) is 35.3 Å². The van der Waals surface area contributed by atoms with E-state index in [9.17, 15) is 34.5 Å². The van der Waals surface area contributed by atoms with Crippen LogP contribution in [0.2, 0.25) is 0 Å². The molecule has 15 nitrogen and oxygen atoms in total. The monoisotopic (exact) mass is 992 g/mol. The van der Waals surface area contributed by atoms with E-state index in [2.05, 4.69) is 5.32 Å². The Balaban J connectivity index is 1.48. The zero-order valence-electron chi connectivity index (χ0n) is 43.8. The Morgan fingerprint density at radius 1 is 0.887 bits per heavy atom. The summed E-state index contributed by atoms with van der Waals surface area (Å²) >= 11 is 0. The highest BCUT2D eigenvalue weighted by molar-refractivity contribution is 6.39. The molecule has 15 atom stereocenters. The number of methoxy groups -OCH3 is 3. The maximum Gasteiger partial charge on any atom is 0.329 e. The fraction of sp³-hybridized carbons (Fsp3) is 0.679. The van der Waals surface area contributed by atoms with Gasteiger partial charge in [-0.1, -0.05) is 75.8 Å². The molecule has 0 aromatic heterocycles. The maximum atomic E-state index is 14.5. The second-order valence-electron chi connectivity index (χ2n) is 21.1. The van der Waals surface area contributed by atoms with Crippen molar-refractivity contribution < 1.29 is 58.2 Å². The molecule has 1 aromatic rings. The smallest absolute Gasteiger partial charge is 0.329 e. The lowest BCUT2D eigenvalue weighted by molar-refractivity contribution is -0.263. The number of ketones is 2. The Morgan fingerprint density at radius 2 is 1.65 bits per heavy atom. The van der Waals surface area contributed by atoms with Crippen molar-refractivity contribution in [3.63, 3.8) is 0 Å². The molecule has 1 aromatic carbocycles. The molecule has 71 heavy (non-hydrogen) atoms. The van der Waals surface area contributed by atoms with Gasteiger partial charge in [-0.2, -0.15) is 0 Å². The molecule has 5 rings (SSSR count). The van der Waals surface area contributed by atoms with Crippen LogP contribution in [-0.2, 0) is 38.1 Å². The van der Waals surface area contributed by atoms with E-state index in [0.717, 1.165) is 17.7 Å². The predicted octanol–water partition coefficient (Wildman–Crippen LogP) is 7.17. The van der Waals surface area contributed by atoms with Crippen LogP contribution >= 0.6 is 0 Å². The van der Waals surface area contributed by atoms with Gasteiger partial charge in [-0.05, 0) is 133 Å². The summed E-state index contributed by atoms with van der Waals surface area (Å²) in [7, 11) is 4.61.